The van der Waals surface area contributed by atoms with Gasteiger partial charge in [-0.25, -0.2) is 0 Å². The fourth-order valence-corrected chi connectivity index (χ4v) is 2.14. The second kappa shape index (κ2) is 3.94. The van der Waals surface area contributed by atoms with Crippen molar-refractivity contribution in [1.82, 2.24) is 0 Å². The Balaban J connectivity index is 2.55. The van der Waals surface area contributed by atoms with Crippen molar-refractivity contribution in [2.45, 2.75) is 46.5 Å². The lowest BCUT2D eigenvalue weighted by molar-refractivity contribution is 0.485. The van der Waals surface area contributed by atoms with Crippen LogP contribution in [-0.2, 0) is 0 Å². The predicted molar refractivity (Wildman–Crippen MR) is 50.6 cm³/mol. The molecule has 0 amide bonds. The van der Waals surface area contributed by atoms with Crippen LogP contribution in [0, 0.1) is 11.8 Å². The van der Waals surface area contributed by atoms with Gasteiger partial charge in [-0.15, -0.1) is 0 Å². The Kier molecular flexibility index (Phi) is 3.16. The maximum absolute atomic E-state index is 2.52. The molecule has 0 nitrogen and oxygen atoms in total. The lowest BCUT2D eigenvalue weighted by atomic mass is 9.95. The molecule has 11 heavy (non-hydrogen) atoms. The Morgan fingerprint density at radius 2 is 2.00 bits per heavy atom. The molecule has 1 aliphatic rings. The normalized spacial score (nSPS) is 30.6. The first-order valence-corrected chi connectivity index (χ1v) is 5.02. The van der Waals surface area contributed by atoms with Crippen molar-refractivity contribution in [2.75, 3.05) is 0 Å². The maximum Gasteiger partial charge on any atom is -0.0200 e. The molecule has 1 aliphatic carbocycles. The van der Waals surface area contributed by atoms with E-state index in [0.29, 0.717) is 0 Å². The Morgan fingerprint density at radius 1 is 1.27 bits per heavy atom. The van der Waals surface area contributed by atoms with Crippen LogP contribution in [0.15, 0.2) is 11.6 Å². The van der Waals surface area contributed by atoms with Gasteiger partial charge >= 0.3 is 0 Å². The lowest BCUT2D eigenvalue weighted by Gasteiger charge is -2.10. The molecule has 0 bridgehead atoms. The molecule has 0 spiro atoms. The van der Waals surface area contributed by atoms with E-state index < -0.39 is 0 Å². The highest BCUT2D eigenvalue weighted by molar-refractivity contribution is 5.14. The number of rotatable bonds is 3. The van der Waals surface area contributed by atoms with Gasteiger partial charge in [0.1, 0.15) is 0 Å². The highest BCUT2D eigenvalue weighted by atomic mass is 14.3. The smallest absolute Gasteiger partial charge is 0.0200 e. The summed E-state index contributed by atoms with van der Waals surface area (Å²) in [6.07, 6.45) is 7.90. The third kappa shape index (κ3) is 1.85. The van der Waals surface area contributed by atoms with Gasteiger partial charge in [-0.3, -0.25) is 0 Å². The molecule has 0 N–H and O–H groups in total. The van der Waals surface area contributed by atoms with Crippen molar-refractivity contribution in [3.8, 4) is 0 Å². The fraction of sp³-hybridized carbons (Fsp3) is 0.818. The standard InChI is InChI=1S/C11H20/c1-4-9-7-10(5-2)11(6-3)8-9/h7,9,11H,4-6,8H2,1-3H3. The first kappa shape index (κ1) is 8.83. The first-order chi connectivity index (χ1) is 5.31. The molecule has 0 aromatic rings. The van der Waals surface area contributed by atoms with Crippen LogP contribution in [0.5, 0.6) is 0 Å². The Hall–Kier alpha value is -0.260. The summed E-state index contributed by atoms with van der Waals surface area (Å²) in [5.41, 5.74) is 1.72. The van der Waals surface area contributed by atoms with Gasteiger partial charge in [-0.05, 0) is 37.5 Å². The zero-order valence-electron chi connectivity index (χ0n) is 8.06. The third-order valence-electron chi connectivity index (χ3n) is 2.99. The molecular weight excluding hydrogens is 132 g/mol. The molecular formula is C11H20. The lowest BCUT2D eigenvalue weighted by Crippen LogP contribution is -1.98. The molecule has 0 fully saturated rings. The van der Waals surface area contributed by atoms with E-state index in [1.165, 1.54) is 25.7 Å². The molecule has 0 saturated heterocycles. The summed E-state index contributed by atoms with van der Waals surface area (Å²) in [6.45, 7) is 6.89. The van der Waals surface area contributed by atoms with E-state index in [2.05, 4.69) is 26.8 Å². The highest BCUT2D eigenvalue weighted by Crippen LogP contribution is 2.35. The maximum atomic E-state index is 2.52. The molecule has 0 saturated carbocycles. The predicted octanol–water partition coefficient (Wildman–Crippen LogP) is 3.78. The van der Waals surface area contributed by atoms with Crippen molar-refractivity contribution < 1.29 is 0 Å². The molecule has 0 aromatic heterocycles. The molecule has 0 aromatic carbocycles. The third-order valence-corrected chi connectivity index (χ3v) is 2.99. The largest absolute Gasteiger partial charge is 0.0819 e. The number of hydrogen-bond donors (Lipinski definition) is 0. The zero-order valence-corrected chi connectivity index (χ0v) is 8.06. The van der Waals surface area contributed by atoms with Crippen LogP contribution in [0.4, 0.5) is 0 Å². The monoisotopic (exact) mass is 152 g/mol. The van der Waals surface area contributed by atoms with E-state index in [1.807, 2.05) is 0 Å². The summed E-state index contributed by atoms with van der Waals surface area (Å²) in [6, 6.07) is 0. The van der Waals surface area contributed by atoms with Gasteiger partial charge in [0.15, 0.2) is 0 Å². The van der Waals surface area contributed by atoms with Crippen LogP contribution in [0.3, 0.4) is 0 Å². The van der Waals surface area contributed by atoms with Crippen LogP contribution >= 0.6 is 0 Å². The fourth-order valence-electron chi connectivity index (χ4n) is 2.14. The Morgan fingerprint density at radius 3 is 2.36 bits per heavy atom. The minimum atomic E-state index is 0.898. The van der Waals surface area contributed by atoms with Crippen molar-refractivity contribution in [3.05, 3.63) is 11.6 Å². The molecule has 2 unspecified atom stereocenters. The molecule has 1 rings (SSSR count). The van der Waals surface area contributed by atoms with E-state index in [-0.39, 0.29) is 0 Å². The Labute approximate surface area is 70.7 Å². The SMILES string of the molecule is CCC1=CC(CC)CC1CC. The molecule has 0 heteroatoms. The summed E-state index contributed by atoms with van der Waals surface area (Å²) < 4.78 is 0. The minimum absolute atomic E-state index is 0.898. The van der Waals surface area contributed by atoms with E-state index in [9.17, 15) is 0 Å². The van der Waals surface area contributed by atoms with E-state index in [4.69, 9.17) is 0 Å². The van der Waals surface area contributed by atoms with Crippen LogP contribution < -0.4 is 0 Å². The van der Waals surface area contributed by atoms with Crippen LogP contribution in [0.2, 0.25) is 0 Å². The second-order valence-corrected chi connectivity index (χ2v) is 3.60. The van der Waals surface area contributed by atoms with Crippen molar-refractivity contribution in [1.29, 1.82) is 0 Å². The highest BCUT2D eigenvalue weighted by Gasteiger charge is 2.21. The van der Waals surface area contributed by atoms with E-state index in [1.54, 1.807) is 5.57 Å². The van der Waals surface area contributed by atoms with Crippen LogP contribution in [-0.4, -0.2) is 0 Å². The zero-order chi connectivity index (χ0) is 8.27. The molecule has 2 atom stereocenters. The van der Waals surface area contributed by atoms with Gasteiger partial charge in [0.2, 0.25) is 0 Å². The molecule has 0 aliphatic heterocycles. The van der Waals surface area contributed by atoms with Gasteiger partial charge < -0.3 is 0 Å². The molecule has 64 valence electrons. The van der Waals surface area contributed by atoms with Gasteiger partial charge in [0, 0.05) is 0 Å². The van der Waals surface area contributed by atoms with Crippen molar-refractivity contribution >= 4 is 0 Å². The van der Waals surface area contributed by atoms with Crippen molar-refractivity contribution in [2.24, 2.45) is 11.8 Å². The van der Waals surface area contributed by atoms with E-state index >= 15 is 0 Å². The topological polar surface area (TPSA) is 0 Å². The Bertz CT molecular complexity index is 144. The van der Waals surface area contributed by atoms with Gasteiger partial charge in [0.25, 0.3) is 0 Å². The first-order valence-electron chi connectivity index (χ1n) is 5.02. The van der Waals surface area contributed by atoms with Crippen molar-refractivity contribution in [3.63, 3.8) is 0 Å². The summed E-state index contributed by atoms with van der Waals surface area (Å²) in [5.74, 6) is 1.82. The quantitative estimate of drug-likeness (QED) is 0.540. The van der Waals surface area contributed by atoms with Crippen LogP contribution in [0.25, 0.3) is 0 Å². The van der Waals surface area contributed by atoms with Crippen LogP contribution in [0.1, 0.15) is 46.5 Å². The summed E-state index contributed by atoms with van der Waals surface area (Å²) in [7, 11) is 0. The minimum Gasteiger partial charge on any atom is -0.0819 e. The van der Waals surface area contributed by atoms with Gasteiger partial charge in [-0.1, -0.05) is 32.4 Å². The summed E-state index contributed by atoms with van der Waals surface area (Å²) in [5, 5.41) is 0. The van der Waals surface area contributed by atoms with Gasteiger partial charge in [0.05, 0.1) is 0 Å². The molecule has 0 radical (unpaired) electrons. The summed E-state index contributed by atoms with van der Waals surface area (Å²) >= 11 is 0. The van der Waals surface area contributed by atoms with Gasteiger partial charge in [-0.2, -0.15) is 0 Å². The number of allylic oxidation sites excluding steroid dienone is 2. The molecule has 0 heterocycles. The summed E-state index contributed by atoms with van der Waals surface area (Å²) in [4.78, 5) is 0. The average molecular weight is 152 g/mol. The number of hydrogen-bond acceptors (Lipinski definition) is 0. The average Bonchev–Trinajstić information content (AvgIpc) is 2.46. The van der Waals surface area contributed by atoms with E-state index in [0.717, 1.165) is 11.8 Å². The second-order valence-electron chi connectivity index (χ2n) is 3.60.